The lowest BCUT2D eigenvalue weighted by Crippen LogP contribution is -2.10. The van der Waals surface area contributed by atoms with Crippen molar-refractivity contribution in [1.82, 2.24) is 20.2 Å². The van der Waals surface area contributed by atoms with E-state index in [-0.39, 0.29) is 0 Å². The molecule has 6 nitrogen and oxygen atoms in total. The van der Waals surface area contributed by atoms with Gasteiger partial charge in [-0.25, -0.2) is 0 Å². The number of H-pyrrole nitrogens is 1. The fourth-order valence-electron chi connectivity index (χ4n) is 3.13. The number of aryl methyl sites for hydroxylation is 1. The van der Waals surface area contributed by atoms with E-state index in [1.807, 2.05) is 6.07 Å². The van der Waals surface area contributed by atoms with Crippen molar-refractivity contribution < 1.29 is 0 Å². The van der Waals surface area contributed by atoms with Crippen LogP contribution in [0.25, 0.3) is 10.9 Å². The summed E-state index contributed by atoms with van der Waals surface area (Å²) in [5.74, 6) is 1.24. The fraction of sp³-hybridized carbons (Fsp3) is 0.190. The Morgan fingerprint density at radius 2 is 1.96 bits per heavy atom. The van der Waals surface area contributed by atoms with Gasteiger partial charge in [0.1, 0.15) is 0 Å². The summed E-state index contributed by atoms with van der Waals surface area (Å²) in [6.07, 6.45) is 4.58. The van der Waals surface area contributed by atoms with E-state index in [1.54, 1.807) is 6.20 Å². The molecule has 0 fully saturated rings. The van der Waals surface area contributed by atoms with E-state index in [1.165, 1.54) is 22.1 Å². The van der Waals surface area contributed by atoms with E-state index >= 15 is 0 Å². The molecule has 0 atom stereocenters. The molecular weight excluding hydrogens is 336 g/mol. The van der Waals surface area contributed by atoms with Gasteiger partial charge >= 0.3 is 0 Å². The monoisotopic (exact) mass is 358 g/mol. The van der Waals surface area contributed by atoms with Crippen LogP contribution in [0.4, 0.5) is 11.8 Å². The summed E-state index contributed by atoms with van der Waals surface area (Å²) in [6.45, 7) is 3.53. The SMILES string of the molecule is Cc1cccc(CNc2cnnc(NCCc3c[nH]c4ccccc34)n2)c1. The van der Waals surface area contributed by atoms with Gasteiger partial charge in [-0.1, -0.05) is 48.0 Å². The first-order valence-corrected chi connectivity index (χ1v) is 9.06. The average molecular weight is 358 g/mol. The summed E-state index contributed by atoms with van der Waals surface area (Å²) in [6, 6.07) is 16.7. The lowest BCUT2D eigenvalue weighted by molar-refractivity contribution is 0.923. The lowest BCUT2D eigenvalue weighted by Gasteiger charge is -2.08. The van der Waals surface area contributed by atoms with Crippen molar-refractivity contribution in [3.05, 3.63) is 77.6 Å². The van der Waals surface area contributed by atoms with Crippen LogP contribution in [0.1, 0.15) is 16.7 Å². The quantitative estimate of drug-likeness (QED) is 0.466. The molecule has 4 rings (SSSR count). The van der Waals surface area contributed by atoms with Crippen LogP contribution in [0.3, 0.4) is 0 Å². The maximum atomic E-state index is 4.49. The van der Waals surface area contributed by atoms with Crippen molar-refractivity contribution in [3.8, 4) is 0 Å². The van der Waals surface area contributed by atoms with Crippen LogP contribution >= 0.6 is 0 Å². The van der Waals surface area contributed by atoms with Crippen molar-refractivity contribution in [1.29, 1.82) is 0 Å². The highest BCUT2D eigenvalue weighted by Gasteiger charge is 2.04. The minimum Gasteiger partial charge on any atom is -0.365 e. The standard InChI is InChI=1S/C21H22N6/c1-15-5-4-6-16(11-15)12-24-20-14-25-27-21(26-20)22-10-9-17-13-23-19-8-3-2-7-18(17)19/h2-8,11,13-14,23H,9-10,12H2,1H3,(H2,22,24,26,27). The molecule has 2 heterocycles. The predicted octanol–water partition coefficient (Wildman–Crippen LogP) is 3.93. The molecule has 0 bridgehead atoms. The molecule has 0 saturated carbocycles. The number of nitrogens with zero attached hydrogens (tertiary/aromatic N) is 3. The highest BCUT2D eigenvalue weighted by atomic mass is 15.3. The molecule has 136 valence electrons. The summed E-state index contributed by atoms with van der Waals surface area (Å²) >= 11 is 0. The number of benzene rings is 2. The van der Waals surface area contributed by atoms with E-state index in [4.69, 9.17) is 0 Å². The molecule has 0 amide bonds. The van der Waals surface area contributed by atoms with Crippen LogP contribution in [0.5, 0.6) is 0 Å². The van der Waals surface area contributed by atoms with Crippen LogP contribution < -0.4 is 10.6 Å². The summed E-state index contributed by atoms with van der Waals surface area (Å²) in [4.78, 5) is 7.79. The number of hydrogen-bond donors (Lipinski definition) is 3. The highest BCUT2D eigenvalue weighted by Crippen LogP contribution is 2.18. The van der Waals surface area contributed by atoms with E-state index in [2.05, 4.69) is 86.4 Å². The van der Waals surface area contributed by atoms with Gasteiger partial charge < -0.3 is 15.6 Å². The molecule has 0 unspecified atom stereocenters. The molecule has 3 N–H and O–H groups in total. The van der Waals surface area contributed by atoms with E-state index in [0.29, 0.717) is 18.3 Å². The van der Waals surface area contributed by atoms with E-state index in [0.717, 1.165) is 18.5 Å². The average Bonchev–Trinajstić information content (AvgIpc) is 3.10. The Morgan fingerprint density at radius 1 is 1.04 bits per heavy atom. The van der Waals surface area contributed by atoms with Crippen LogP contribution in [0, 0.1) is 6.92 Å². The minimum absolute atomic E-state index is 0.532. The third kappa shape index (κ3) is 4.23. The van der Waals surface area contributed by atoms with Gasteiger partial charge in [-0.15, -0.1) is 5.10 Å². The smallest absolute Gasteiger partial charge is 0.244 e. The Labute approximate surface area is 158 Å². The summed E-state index contributed by atoms with van der Waals surface area (Å²) in [5.41, 5.74) is 4.89. The van der Waals surface area contributed by atoms with Gasteiger partial charge in [-0.2, -0.15) is 10.1 Å². The third-order valence-electron chi connectivity index (χ3n) is 4.47. The lowest BCUT2D eigenvalue weighted by atomic mass is 10.1. The predicted molar refractivity (Wildman–Crippen MR) is 109 cm³/mol. The zero-order chi connectivity index (χ0) is 18.5. The van der Waals surface area contributed by atoms with Crippen LogP contribution in [0.2, 0.25) is 0 Å². The Hall–Kier alpha value is -3.41. The number of nitrogens with one attached hydrogen (secondary N) is 3. The molecule has 0 aliphatic carbocycles. The zero-order valence-electron chi connectivity index (χ0n) is 15.2. The van der Waals surface area contributed by atoms with Crippen LogP contribution in [0.15, 0.2) is 60.9 Å². The molecule has 2 aromatic carbocycles. The molecule has 0 radical (unpaired) electrons. The van der Waals surface area contributed by atoms with Gasteiger partial charge in [0, 0.05) is 30.2 Å². The molecule has 2 aromatic heterocycles. The van der Waals surface area contributed by atoms with Gasteiger partial charge in [-0.05, 0) is 30.5 Å². The first kappa shape index (κ1) is 17.0. The molecule has 0 aliphatic heterocycles. The fourth-order valence-corrected chi connectivity index (χ4v) is 3.13. The van der Waals surface area contributed by atoms with Crippen molar-refractivity contribution >= 4 is 22.7 Å². The van der Waals surface area contributed by atoms with Crippen molar-refractivity contribution in [2.45, 2.75) is 19.9 Å². The topological polar surface area (TPSA) is 78.5 Å². The molecule has 0 aliphatic rings. The van der Waals surface area contributed by atoms with E-state index in [9.17, 15) is 0 Å². The van der Waals surface area contributed by atoms with Gasteiger partial charge in [0.15, 0.2) is 5.82 Å². The molecule has 27 heavy (non-hydrogen) atoms. The maximum absolute atomic E-state index is 4.49. The molecule has 0 saturated heterocycles. The minimum atomic E-state index is 0.532. The van der Waals surface area contributed by atoms with Crippen molar-refractivity contribution in [2.24, 2.45) is 0 Å². The Bertz CT molecular complexity index is 1040. The van der Waals surface area contributed by atoms with Crippen molar-refractivity contribution in [2.75, 3.05) is 17.2 Å². The first-order chi connectivity index (χ1) is 13.3. The first-order valence-electron chi connectivity index (χ1n) is 9.06. The summed E-state index contributed by atoms with van der Waals surface area (Å²) < 4.78 is 0. The van der Waals surface area contributed by atoms with Gasteiger partial charge in [0.2, 0.25) is 5.95 Å². The number of para-hydroxylation sites is 1. The largest absolute Gasteiger partial charge is 0.365 e. The zero-order valence-corrected chi connectivity index (χ0v) is 15.2. The second-order valence-electron chi connectivity index (χ2n) is 6.54. The second kappa shape index (κ2) is 7.86. The Kier molecular flexibility index (Phi) is 4.96. The number of aromatic nitrogens is 4. The number of anilines is 2. The van der Waals surface area contributed by atoms with Crippen LogP contribution in [-0.2, 0) is 13.0 Å². The Morgan fingerprint density at radius 3 is 2.89 bits per heavy atom. The van der Waals surface area contributed by atoms with Gasteiger partial charge in [0.05, 0.1) is 6.20 Å². The van der Waals surface area contributed by atoms with Gasteiger partial charge in [0.25, 0.3) is 0 Å². The van der Waals surface area contributed by atoms with E-state index < -0.39 is 0 Å². The van der Waals surface area contributed by atoms with Gasteiger partial charge in [-0.3, -0.25) is 0 Å². The second-order valence-corrected chi connectivity index (χ2v) is 6.54. The molecule has 6 heteroatoms. The summed E-state index contributed by atoms with van der Waals surface area (Å²) in [5, 5.41) is 15.9. The molecular formula is C21H22N6. The molecule has 0 spiro atoms. The number of hydrogen-bond acceptors (Lipinski definition) is 5. The highest BCUT2D eigenvalue weighted by molar-refractivity contribution is 5.83. The number of fused-ring (bicyclic) bond motifs is 1. The van der Waals surface area contributed by atoms with Crippen LogP contribution in [-0.4, -0.2) is 26.7 Å². The number of rotatable bonds is 7. The third-order valence-corrected chi connectivity index (χ3v) is 4.47. The number of aromatic amines is 1. The van der Waals surface area contributed by atoms with Crippen molar-refractivity contribution in [3.63, 3.8) is 0 Å². The Balaban J connectivity index is 1.34. The molecule has 4 aromatic rings. The summed E-state index contributed by atoms with van der Waals surface area (Å²) in [7, 11) is 0. The normalized spacial score (nSPS) is 10.9. The maximum Gasteiger partial charge on any atom is 0.244 e.